The summed E-state index contributed by atoms with van der Waals surface area (Å²) in [6, 6.07) is 14.1. The van der Waals surface area contributed by atoms with Crippen molar-refractivity contribution in [1.82, 2.24) is 5.32 Å². The van der Waals surface area contributed by atoms with Crippen LogP contribution in [0.3, 0.4) is 0 Å². The van der Waals surface area contributed by atoms with E-state index in [1.807, 2.05) is 43.3 Å². The number of carboxylic acids is 1. The molecule has 0 spiro atoms. The van der Waals surface area contributed by atoms with Crippen LogP contribution < -0.4 is 10.1 Å². The topological polar surface area (TPSA) is 75.6 Å². The van der Waals surface area contributed by atoms with Gasteiger partial charge in [-0.1, -0.05) is 24.3 Å². The molecular formula is C19H19NO4S. The van der Waals surface area contributed by atoms with Crippen molar-refractivity contribution in [3.05, 3.63) is 59.7 Å². The van der Waals surface area contributed by atoms with Crippen molar-refractivity contribution < 1.29 is 19.4 Å². The van der Waals surface area contributed by atoms with Gasteiger partial charge in [0, 0.05) is 4.90 Å². The highest BCUT2D eigenvalue weighted by atomic mass is 32.2. The average Bonchev–Trinajstić information content (AvgIpc) is 2.93. The van der Waals surface area contributed by atoms with Gasteiger partial charge in [0.15, 0.2) is 4.75 Å². The number of hydrogen-bond donors (Lipinski definition) is 2. The number of carbonyl (C=O) groups is 2. The Morgan fingerprint density at radius 1 is 1.24 bits per heavy atom. The van der Waals surface area contributed by atoms with Gasteiger partial charge in [0.05, 0.1) is 19.6 Å². The molecule has 2 N–H and O–H groups in total. The second-order valence-electron chi connectivity index (χ2n) is 6.01. The van der Waals surface area contributed by atoms with Gasteiger partial charge in [0.25, 0.3) is 0 Å². The minimum absolute atomic E-state index is 0.0714. The lowest BCUT2D eigenvalue weighted by atomic mass is 9.90. The van der Waals surface area contributed by atoms with Crippen LogP contribution in [0.4, 0.5) is 0 Å². The lowest BCUT2D eigenvalue weighted by Gasteiger charge is -2.30. The summed E-state index contributed by atoms with van der Waals surface area (Å²) in [4.78, 5) is 25.2. The number of benzene rings is 2. The van der Waals surface area contributed by atoms with E-state index < -0.39 is 16.8 Å². The zero-order valence-corrected chi connectivity index (χ0v) is 14.8. The molecule has 0 radical (unpaired) electrons. The molecule has 1 aliphatic rings. The fraction of sp³-hybridized carbons (Fsp3) is 0.263. The summed E-state index contributed by atoms with van der Waals surface area (Å²) in [5.74, 6) is -0.554. The number of thioether (sulfide) groups is 1. The number of methoxy groups -OCH3 is 1. The van der Waals surface area contributed by atoms with Crippen molar-refractivity contribution in [2.24, 2.45) is 0 Å². The van der Waals surface area contributed by atoms with Gasteiger partial charge in [-0.25, -0.2) is 0 Å². The molecule has 0 aromatic heterocycles. The second kappa shape index (κ2) is 6.80. The van der Waals surface area contributed by atoms with Crippen LogP contribution >= 0.6 is 11.8 Å². The Bertz CT molecular complexity index is 805. The maximum atomic E-state index is 12.3. The first kappa shape index (κ1) is 17.4. The number of rotatable bonds is 5. The highest BCUT2D eigenvalue weighted by Gasteiger charge is 2.55. The predicted molar refractivity (Wildman–Crippen MR) is 95.9 cm³/mol. The van der Waals surface area contributed by atoms with Crippen LogP contribution in [-0.2, 0) is 9.59 Å². The van der Waals surface area contributed by atoms with E-state index in [0.717, 1.165) is 16.0 Å². The first-order valence-electron chi connectivity index (χ1n) is 7.87. The molecule has 0 aliphatic carbocycles. The molecule has 1 aliphatic heterocycles. The largest absolute Gasteiger partial charge is 0.497 e. The molecular weight excluding hydrogens is 338 g/mol. The molecule has 1 heterocycles. The van der Waals surface area contributed by atoms with Gasteiger partial charge >= 0.3 is 5.97 Å². The minimum Gasteiger partial charge on any atom is -0.497 e. The standard InChI is InChI=1S/C19H19NO4S/c1-12-5-3-4-6-15(12)17-19(18(22)23,11-16(21)20-17)25-14-9-7-13(24-2)8-10-14/h3-10,17H,11H2,1-2H3,(H,20,21)(H,22,23). The molecule has 0 bridgehead atoms. The fourth-order valence-electron chi connectivity index (χ4n) is 3.10. The van der Waals surface area contributed by atoms with E-state index in [0.29, 0.717) is 5.75 Å². The number of ether oxygens (including phenoxy) is 1. The summed E-state index contributed by atoms with van der Waals surface area (Å²) in [7, 11) is 1.58. The van der Waals surface area contributed by atoms with E-state index >= 15 is 0 Å². The summed E-state index contributed by atoms with van der Waals surface area (Å²) < 4.78 is 3.85. The van der Waals surface area contributed by atoms with Crippen LogP contribution in [0.1, 0.15) is 23.6 Å². The molecule has 1 saturated heterocycles. The van der Waals surface area contributed by atoms with Crippen molar-refractivity contribution in [3.8, 4) is 5.75 Å². The van der Waals surface area contributed by atoms with Gasteiger partial charge in [-0.15, -0.1) is 11.8 Å². The average molecular weight is 357 g/mol. The van der Waals surface area contributed by atoms with E-state index in [4.69, 9.17) is 4.74 Å². The van der Waals surface area contributed by atoms with Gasteiger partial charge in [-0.3, -0.25) is 9.59 Å². The predicted octanol–water partition coefficient (Wildman–Crippen LogP) is 3.18. The molecule has 3 rings (SSSR count). The maximum absolute atomic E-state index is 12.3. The number of amides is 1. The Hall–Kier alpha value is -2.47. The fourth-order valence-corrected chi connectivity index (χ4v) is 4.39. The Kier molecular flexibility index (Phi) is 4.72. The molecule has 0 saturated carbocycles. The smallest absolute Gasteiger partial charge is 0.323 e. The van der Waals surface area contributed by atoms with Crippen molar-refractivity contribution >= 4 is 23.6 Å². The molecule has 6 heteroatoms. The van der Waals surface area contributed by atoms with Gasteiger partial charge in [0.1, 0.15) is 5.75 Å². The van der Waals surface area contributed by atoms with Crippen molar-refractivity contribution in [2.45, 2.75) is 29.0 Å². The van der Waals surface area contributed by atoms with Crippen molar-refractivity contribution in [2.75, 3.05) is 7.11 Å². The maximum Gasteiger partial charge on any atom is 0.323 e. The van der Waals surface area contributed by atoms with Crippen molar-refractivity contribution in [1.29, 1.82) is 0 Å². The van der Waals surface area contributed by atoms with Crippen LogP contribution in [0.25, 0.3) is 0 Å². The third kappa shape index (κ3) is 3.22. The summed E-state index contributed by atoms with van der Waals surface area (Å²) in [6.45, 7) is 1.92. The van der Waals surface area contributed by atoms with E-state index in [-0.39, 0.29) is 12.3 Å². The monoisotopic (exact) mass is 357 g/mol. The molecule has 1 amide bonds. The van der Waals surface area contributed by atoms with Crippen LogP contribution in [0, 0.1) is 6.92 Å². The Labute approximate surface area is 150 Å². The Morgan fingerprint density at radius 2 is 1.92 bits per heavy atom. The van der Waals surface area contributed by atoms with Crippen LogP contribution in [-0.4, -0.2) is 28.8 Å². The van der Waals surface area contributed by atoms with E-state index in [1.54, 1.807) is 19.2 Å². The number of aryl methyl sites for hydroxylation is 1. The molecule has 25 heavy (non-hydrogen) atoms. The molecule has 2 atom stereocenters. The third-order valence-corrected chi connectivity index (χ3v) is 5.84. The SMILES string of the molecule is COc1ccc(SC2(C(=O)O)CC(=O)NC2c2ccccc2C)cc1. The third-order valence-electron chi connectivity index (χ3n) is 4.42. The summed E-state index contributed by atoms with van der Waals surface area (Å²) >= 11 is 1.20. The van der Waals surface area contributed by atoms with E-state index in [9.17, 15) is 14.7 Å². The Balaban J connectivity index is 2.03. The quantitative estimate of drug-likeness (QED) is 0.860. The zero-order valence-electron chi connectivity index (χ0n) is 14.0. The summed E-state index contributed by atoms with van der Waals surface area (Å²) in [6.07, 6.45) is -0.0714. The summed E-state index contributed by atoms with van der Waals surface area (Å²) in [5, 5.41) is 12.9. The van der Waals surface area contributed by atoms with Gasteiger partial charge < -0.3 is 15.2 Å². The molecule has 2 unspecified atom stereocenters. The second-order valence-corrected chi connectivity index (χ2v) is 7.41. The molecule has 2 aromatic carbocycles. The van der Waals surface area contributed by atoms with Crippen LogP contribution in [0.2, 0.25) is 0 Å². The van der Waals surface area contributed by atoms with Gasteiger partial charge in [0.2, 0.25) is 5.91 Å². The first-order chi connectivity index (χ1) is 12.0. The highest BCUT2D eigenvalue weighted by Crippen LogP contribution is 2.49. The lowest BCUT2D eigenvalue weighted by molar-refractivity contribution is -0.140. The van der Waals surface area contributed by atoms with Gasteiger partial charge in [-0.2, -0.15) is 0 Å². The van der Waals surface area contributed by atoms with Crippen LogP contribution in [0.15, 0.2) is 53.4 Å². The lowest BCUT2D eigenvalue weighted by Crippen LogP contribution is -2.40. The van der Waals surface area contributed by atoms with Crippen LogP contribution in [0.5, 0.6) is 5.75 Å². The number of hydrogen-bond acceptors (Lipinski definition) is 4. The van der Waals surface area contributed by atoms with Crippen molar-refractivity contribution in [3.63, 3.8) is 0 Å². The number of aliphatic carboxylic acids is 1. The first-order valence-corrected chi connectivity index (χ1v) is 8.69. The number of carboxylic acid groups (broad SMARTS) is 1. The van der Waals surface area contributed by atoms with E-state index in [1.165, 1.54) is 11.8 Å². The molecule has 130 valence electrons. The number of carbonyl (C=O) groups excluding carboxylic acids is 1. The summed E-state index contributed by atoms with van der Waals surface area (Å²) in [5.41, 5.74) is 1.78. The zero-order chi connectivity index (χ0) is 18.0. The molecule has 1 fully saturated rings. The molecule has 5 nitrogen and oxygen atoms in total. The normalized spacial score (nSPS) is 22.5. The minimum atomic E-state index is -1.29. The molecule has 2 aromatic rings. The van der Waals surface area contributed by atoms with Gasteiger partial charge in [-0.05, 0) is 42.3 Å². The highest BCUT2D eigenvalue weighted by molar-refractivity contribution is 8.01. The number of nitrogens with one attached hydrogen (secondary N) is 1. The van der Waals surface area contributed by atoms with E-state index in [2.05, 4.69) is 5.32 Å². The Morgan fingerprint density at radius 3 is 2.52 bits per heavy atom.